The van der Waals surface area contributed by atoms with Crippen molar-refractivity contribution < 1.29 is 13.2 Å². The quantitative estimate of drug-likeness (QED) is 0.328. The fourth-order valence-electron chi connectivity index (χ4n) is 3.28. The Morgan fingerprint density at radius 1 is 1.27 bits per heavy atom. The second-order valence-electron chi connectivity index (χ2n) is 7.04. The van der Waals surface area contributed by atoms with Gasteiger partial charge in [0.25, 0.3) is 0 Å². The molecule has 1 aliphatic rings. The first-order valence-corrected chi connectivity index (χ1v) is 13.3. The predicted molar refractivity (Wildman–Crippen MR) is 122 cm³/mol. The lowest BCUT2D eigenvalue weighted by molar-refractivity contribution is -0.120. The first-order valence-electron chi connectivity index (χ1n) is 9.88. The van der Waals surface area contributed by atoms with Crippen LogP contribution in [0.4, 0.5) is 5.13 Å². The number of piperidine rings is 1. The third kappa shape index (κ3) is 6.63. The van der Waals surface area contributed by atoms with E-state index in [1.54, 1.807) is 6.08 Å². The van der Waals surface area contributed by atoms with Crippen molar-refractivity contribution in [2.45, 2.75) is 30.0 Å². The van der Waals surface area contributed by atoms with Crippen molar-refractivity contribution in [3.63, 3.8) is 0 Å². The van der Waals surface area contributed by atoms with E-state index in [2.05, 4.69) is 22.1 Å². The molecule has 3 rings (SSSR count). The van der Waals surface area contributed by atoms with Crippen molar-refractivity contribution in [2.75, 3.05) is 29.9 Å². The van der Waals surface area contributed by atoms with E-state index in [-0.39, 0.29) is 17.6 Å². The summed E-state index contributed by atoms with van der Waals surface area (Å²) in [4.78, 5) is 12.5. The third-order valence-corrected chi connectivity index (χ3v) is 8.81. The Kier molecular flexibility index (Phi) is 8.43. The number of amides is 1. The summed E-state index contributed by atoms with van der Waals surface area (Å²) < 4.78 is 27.6. The van der Waals surface area contributed by atoms with Gasteiger partial charge in [-0.25, -0.2) is 12.7 Å². The molecule has 0 radical (unpaired) electrons. The van der Waals surface area contributed by atoms with E-state index in [4.69, 9.17) is 0 Å². The maximum Gasteiger partial charge on any atom is 0.229 e. The summed E-state index contributed by atoms with van der Waals surface area (Å²) in [5.41, 5.74) is 1.14. The Labute approximate surface area is 186 Å². The average molecular weight is 467 g/mol. The molecule has 1 fully saturated rings. The number of aryl methyl sites for hydroxylation is 1. The molecule has 1 N–H and O–H groups in total. The van der Waals surface area contributed by atoms with Crippen LogP contribution < -0.4 is 5.32 Å². The normalized spacial score (nSPS) is 15.7. The zero-order chi connectivity index (χ0) is 21.4. The van der Waals surface area contributed by atoms with Crippen molar-refractivity contribution in [3.05, 3.63) is 48.6 Å². The van der Waals surface area contributed by atoms with E-state index in [0.717, 1.165) is 22.1 Å². The molecule has 162 valence electrons. The van der Waals surface area contributed by atoms with Gasteiger partial charge in [0.05, 0.1) is 5.75 Å². The molecule has 0 unspecified atom stereocenters. The Balaban J connectivity index is 1.43. The van der Waals surface area contributed by atoms with E-state index in [1.165, 1.54) is 27.4 Å². The topological polar surface area (TPSA) is 92.3 Å². The molecule has 30 heavy (non-hydrogen) atoms. The van der Waals surface area contributed by atoms with Crippen LogP contribution in [-0.2, 0) is 21.2 Å². The molecular formula is C20H26N4O3S3. The molecule has 1 aromatic heterocycles. The summed E-state index contributed by atoms with van der Waals surface area (Å²) >= 11 is 2.85. The summed E-state index contributed by atoms with van der Waals surface area (Å²) in [5.74, 6) is 0.539. The first-order chi connectivity index (χ1) is 14.5. The molecule has 2 aromatic rings. The van der Waals surface area contributed by atoms with Gasteiger partial charge in [-0.2, -0.15) is 0 Å². The van der Waals surface area contributed by atoms with Crippen molar-refractivity contribution in [3.8, 4) is 0 Å². The number of carbonyl (C=O) groups excluding carboxylic acids is 1. The highest BCUT2D eigenvalue weighted by Gasteiger charge is 2.31. The number of sulfonamides is 1. The van der Waals surface area contributed by atoms with Gasteiger partial charge < -0.3 is 5.32 Å². The van der Waals surface area contributed by atoms with Gasteiger partial charge in [-0.1, -0.05) is 59.5 Å². The summed E-state index contributed by atoms with van der Waals surface area (Å²) in [5, 5.41) is 11.3. The number of nitrogens with zero attached hydrogens (tertiary/aromatic N) is 3. The Bertz CT molecular complexity index is 939. The minimum atomic E-state index is -3.30. The van der Waals surface area contributed by atoms with E-state index in [9.17, 15) is 13.2 Å². The molecule has 2 heterocycles. The Morgan fingerprint density at radius 3 is 2.70 bits per heavy atom. The highest BCUT2D eigenvalue weighted by atomic mass is 32.2. The van der Waals surface area contributed by atoms with Gasteiger partial charge in [0, 0.05) is 24.8 Å². The van der Waals surface area contributed by atoms with Crippen LogP contribution in [0.15, 0.2) is 47.3 Å². The number of benzene rings is 1. The number of rotatable bonds is 10. The van der Waals surface area contributed by atoms with Gasteiger partial charge in [0.15, 0.2) is 4.34 Å². The molecule has 0 saturated carbocycles. The van der Waals surface area contributed by atoms with Gasteiger partial charge in [-0.3, -0.25) is 4.79 Å². The monoisotopic (exact) mass is 466 g/mol. The number of carbonyl (C=O) groups is 1. The Morgan fingerprint density at radius 2 is 2.00 bits per heavy atom. The number of nitrogens with one attached hydrogen (secondary N) is 1. The number of aromatic nitrogens is 2. The van der Waals surface area contributed by atoms with Gasteiger partial charge in [-0.15, -0.1) is 16.8 Å². The van der Waals surface area contributed by atoms with Crippen molar-refractivity contribution in [1.82, 2.24) is 14.5 Å². The smallest absolute Gasteiger partial charge is 0.229 e. The van der Waals surface area contributed by atoms with E-state index in [1.807, 2.05) is 30.3 Å². The number of hydrogen-bond donors (Lipinski definition) is 1. The minimum absolute atomic E-state index is 0.118. The fourth-order valence-corrected chi connectivity index (χ4v) is 6.34. The molecule has 10 heteroatoms. The van der Waals surface area contributed by atoms with Crippen LogP contribution in [0.2, 0.25) is 0 Å². The second-order valence-corrected chi connectivity index (χ2v) is 11.4. The maximum absolute atomic E-state index is 12.6. The standard InChI is InChI=1S/C20H26N4O3S3/c1-2-14-28-20-23-22-19(29-20)21-18(25)17-10-12-24(13-11-17)30(26,27)15-6-9-16-7-4-3-5-8-16/h2-5,7-8,17H,1,6,9-15H2,(H,21,22,25). The summed E-state index contributed by atoms with van der Waals surface area (Å²) in [6.45, 7) is 4.42. The summed E-state index contributed by atoms with van der Waals surface area (Å²) in [6.07, 6.45) is 4.15. The van der Waals surface area contributed by atoms with Crippen LogP contribution in [0.25, 0.3) is 0 Å². The average Bonchev–Trinajstić information content (AvgIpc) is 3.20. The van der Waals surface area contributed by atoms with Gasteiger partial charge >= 0.3 is 0 Å². The van der Waals surface area contributed by atoms with Crippen LogP contribution in [-0.4, -0.2) is 53.4 Å². The van der Waals surface area contributed by atoms with Crippen LogP contribution in [0.3, 0.4) is 0 Å². The molecule has 7 nitrogen and oxygen atoms in total. The van der Waals surface area contributed by atoms with Crippen LogP contribution in [0.5, 0.6) is 0 Å². The predicted octanol–water partition coefficient (Wildman–Crippen LogP) is 3.43. The summed E-state index contributed by atoms with van der Waals surface area (Å²) in [7, 11) is -3.30. The van der Waals surface area contributed by atoms with Gasteiger partial charge in [-0.05, 0) is 31.2 Å². The van der Waals surface area contributed by atoms with Crippen LogP contribution in [0.1, 0.15) is 24.8 Å². The number of thioether (sulfide) groups is 1. The molecule has 0 aliphatic carbocycles. The molecule has 0 bridgehead atoms. The van der Waals surface area contributed by atoms with Gasteiger partial charge in [0.1, 0.15) is 0 Å². The van der Waals surface area contributed by atoms with Crippen molar-refractivity contribution in [2.24, 2.45) is 5.92 Å². The highest BCUT2D eigenvalue weighted by molar-refractivity contribution is 8.01. The second kappa shape index (κ2) is 11.0. The molecule has 1 aromatic carbocycles. The highest BCUT2D eigenvalue weighted by Crippen LogP contribution is 2.27. The molecular weight excluding hydrogens is 440 g/mol. The third-order valence-electron chi connectivity index (χ3n) is 4.89. The zero-order valence-corrected chi connectivity index (χ0v) is 19.1. The maximum atomic E-state index is 12.6. The molecule has 1 saturated heterocycles. The van der Waals surface area contributed by atoms with Crippen molar-refractivity contribution >= 4 is 44.2 Å². The van der Waals surface area contributed by atoms with Crippen LogP contribution in [0, 0.1) is 5.92 Å². The van der Waals surface area contributed by atoms with E-state index < -0.39 is 10.0 Å². The zero-order valence-electron chi connectivity index (χ0n) is 16.7. The molecule has 1 amide bonds. The van der Waals surface area contributed by atoms with Crippen LogP contribution >= 0.6 is 23.1 Å². The number of anilines is 1. The SMILES string of the molecule is C=CCSc1nnc(NC(=O)C2CCN(S(=O)(=O)CCCc3ccccc3)CC2)s1. The molecule has 0 spiro atoms. The summed E-state index contributed by atoms with van der Waals surface area (Å²) in [6, 6.07) is 9.89. The first kappa shape index (κ1) is 22.9. The largest absolute Gasteiger partial charge is 0.300 e. The lowest BCUT2D eigenvalue weighted by atomic mass is 9.97. The lowest BCUT2D eigenvalue weighted by Gasteiger charge is -2.30. The Hall–Kier alpha value is -1.75. The molecule has 1 aliphatic heterocycles. The molecule has 0 atom stereocenters. The van der Waals surface area contributed by atoms with E-state index >= 15 is 0 Å². The fraction of sp³-hybridized carbons (Fsp3) is 0.450. The van der Waals surface area contributed by atoms with Crippen molar-refractivity contribution in [1.29, 1.82) is 0 Å². The minimum Gasteiger partial charge on any atom is -0.300 e. The van der Waals surface area contributed by atoms with Gasteiger partial charge in [0.2, 0.25) is 21.1 Å². The number of hydrogen-bond acceptors (Lipinski definition) is 7. The lowest BCUT2D eigenvalue weighted by Crippen LogP contribution is -2.42. The van der Waals surface area contributed by atoms with E-state index in [0.29, 0.717) is 37.5 Å².